The number of esters is 1. The highest BCUT2D eigenvalue weighted by Gasteiger charge is 2.11. The van der Waals surface area contributed by atoms with Crippen molar-refractivity contribution in [2.24, 2.45) is 0 Å². The summed E-state index contributed by atoms with van der Waals surface area (Å²) in [6, 6.07) is 12.7. The van der Waals surface area contributed by atoms with Crippen molar-refractivity contribution in [3.8, 4) is 0 Å². The number of benzene rings is 2. The van der Waals surface area contributed by atoms with Crippen LogP contribution >= 0.6 is 0 Å². The van der Waals surface area contributed by atoms with E-state index in [0.717, 1.165) is 16.7 Å². The minimum atomic E-state index is -0.498. The maximum atomic E-state index is 11.9. The van der Waals surface area contributed by atoms with Crippen molar-refractivity contribution >= 4 is 17.6 Å². The number of rotatable bonds is 4. The molecule has 0 fully saturated rings. The van der Waals surface area contributed by atoms with Crippen LogP contribution in [0.1, 0.15) is 27.0 Å². The largest absolute Gasteiger partial charge is 0.452 e. The first-order valence-corrected chi connectivity index (χ1v) is 7.06. The molecule has 2 rings (SSSR count). The molecule has 0 spiro atoms. The molecule has 1 amide bonds. The van der Waals surface area contributed by atoms with Gasteiger partial charge in [0.1, 0.15) is 0 Å². The average Bonchev–Trinajstić information content (AvgIpc) is 2.50. The number of amides is 1. The summed E-state index contributed by atoms with van der Waals surface area (Å²) in [6.07, 6.45) is 0. The maximum Gasteiger partial charge on any atom is 0.338 e. The Morgan fingerprint density at radius 2 is 1.64 bits per heavy atom. The number of ether oxygens (including phenoxy) is 1. The van der Waals surface area contributed by atoms with Gasteiger partial charge in [-0.05, 0) is 56.2 Å². The third kappa shape index (κ3) is 4.19. The predicted octanol–water partition coefficient (Wildman–Crippen LogP) is 3.41. The van der Waals surface area contributed by atoms with Gasteiger partial charge < -0.3 is 10.1 Å². The Kier molecular flexibility index (Phi) is 4.94. The number of nitrogens with one attached hydrogen (secondary N) is 1. The van der Waals surface area contributed by atoms with Crippen molar-refractivity contribution in [2.75, 3.05) is 11.9 Å². The fraction of sp³-hybridized carbons (Fsp3) is 0.222. The molecule has 0 atom stereocenters. The highest BCUT2D eigenvalue weighted by Crippen LogP contribution is 2.11. The van der Waals surface area contributed by atoms with Crippen LogP contribution in [0.15, 0.2) is 42.5 Å². The van der Waals surface area contributed by atoms with Gasteiger partial charge in [-0.15, -0.1) is 0 Å². The zero-order valence-corrected chi connectivity index (χ0v) is 13.0. The normalized spacial score (nSPS) is 10.1. The topological polar surface area (TPSA) is 55.4 Å². The summed E-state index contributed by atoms with van der Waals surface area (Å²) in [6.45, 7) is 5.56. The van der Waals surface area contributed by atoms with Gasteiger partial charge in [0, 0.05) is 5.69 Å². The summed E-state index contributed by atoms with van der Waals surface area (Å²) in [5.74, 6) is -0.858. The van der Waals surface area contributed by atoms with Gasteiger partial charge in [0.2, 0.25) is 0 Å². The van der Waals surface area contributed by atoms with Gasteiger partial charge in [0.15, 0.2) is 6.61 Å². The molecule has 0 unspecified atom stereocenters. The molecular weight excluding hydrogens is 278 g/mol. The fourth-order valence-electron chi connectivity index (χ4n) is 1.92. The minimum absolute atomic E-state index is 0.306. The molecule has 4 heteroatoms. The quantitative estimate of drug-likeness (QED) is 0.880. The standard InChI is InChI=1S/C18H19NO3/c1-12-4-8-16(9-5-12)19-17(20)11-22-18(21)15-7-6-13(2)14(3)10-15/h4-10H,11H2,1-3H3,(H,19,20). The molecule has 4 nitrogen and oxygen atoms in total. The third-order valence-corrected chi connectivity index (χ3v) is 3.41. The molecule has 0 aliphatic rings. The van der Waals surface area contributed by atoms with E-state index in [1.807, 2.05) is 39.0 Å². The van der Waals surface area contributed by atoms with Crippen molar-refractivity contribution in [1.82, 2.24) is 0 Å². The number of anilines is 1. The van der Waals surface area contributed by atoms with Gasteiger partial charge in [-0.1, -0.05) is 23.8 Å². The summed E-state index contributed by atoms with van der Waals surface area (Å²) in [4.78, 5) is 23.7. The number of hydrogen-bond acceptors (Lipinski definition) is 3. The Labute approximate surface area is 130 Å². The molecule has 2 aromatic rings. The van der Waals surface area contributed by atoms with Crippen LogP contribution in [0, 0.1) is 20.8 Å². The van der Waals surface area contributed by atoms with Crippen molar-refractivity contribution < 1.29 is 14.3 Å². The molecule has 0 aliphatic carbocycles. The van der Waals surface area contributed by atoms with Crippen molar-refractivity contribution in [3.05, 3.63) is 64.7 Å². The van der Waals surface area contributed by atoms with Crippen LogP contribution in [-0.4, -0.2) is 18.5 Å². The first-order valence-electron chi connectivity index (χ1n) is 7.06. The van der Waals surface area contributed by atoms with Gasteiger partial charge in [-0.2, -0.15) is 0 Å². The van der Waals surface area contributed by atoms with E-state index < -0.39 is 5.97 Å². The molecule has 0 aliphatic heterocycles. The molecule has 0 radical (unpaired) electrons. The van der Waals surface area contributed by atoms with E-state index in [9.17, 15) is 9.59 Å². The number of carbonyl (C=O) groups excluding carboxylic acids is 2. The van der Waals surface area contributed by atoms with Crippen LogP contribution in [-0.2, 0) is 9.53 Å². The molecule has 0 aromatic heterocycles. The smallest absolute Gasteiger partial charge is 0.338 e. The van der Waals surface area contributed by atoms with Crippen molar-refractivity contribution in [3.63, 3.8) is 0 Å². The van der Waals surface area contributed by atoms with Crippen LogP contribution < -0.4 is 5.32 Å². The molecule has 0 bridgehead atoms. The first kappa shape index (κ1) is 15.8. The second kappa shape index (κ2) is 6.89. The lowest BCUT2D eigenvalue weighted by molar-refractivity contribution is -0.119. The molecule has 0 heterocycles. The summed E-state index contributed by atoms with van der Waals surface area (Å²) in [5, 5.41) is 2.68. The van der Waals surface area contributed by atoms with Crippen LogP contribution in [0.4, 0.5) is 5.69 Å². The van der Waals surface area contributed by atoms with E-state index in [2.05, 4.69) is 5.32 Å². The summed E-state index contributed by atoms with van der Waals surface area (Å²) in [7, 11) is 0. The van der Waals surface area contributed by atoms with Gasteiger partial charge >= 0.3 is 5.97 Å². The average molecular weight is 297 g/mol. The molecule has 0 saturated heterocycles. The monoisotopic (exact) mass is 297 g/mol. The maximum absolute atomic E-state index is 11.9. The number of aryl methyl sites for hydroxylation is 3. The van der Waals surface area contributed by atoms with Crippen molar-refractivity contribution in [1.29, 1.82) is 0 Å². The first-order chi connectivity index (χ1) is 10.5. The van der Waals surface area contributed by atoms with E-state index in [1.165, 1.54) is 0 Å². The molecule has 22 heavy (non-hydrogen) atoms. The van der Waals surface area contributed by atoms with E-state index >= 15 is 0 Å². The van der Waals surface area contributed by atoms with Gasteiger partial charge in [-0.25, -0.2) is 4.79 Å². The summed E-state index contributed by atoms with van der Waals surface area (Å²) < 4.78 is 5.03. The highest BCUT2D eigenvalue weighted by atomic mass is 16.5. The van der Waals surface area contributed by atoms with E-state index in [4.69, 9.17) is 4.74 Å². The van der Waals surface area contributed by atoms with Crippen LogP contribution in [0.2, 0.25) is 0 Å². The van der Waals surface area contributed by atoms with E-state index in [1.54, 1.807) is 24.3 Å². The lowest BCUT2D eigenvalue weighted by Crippen LogP contribution is -2.21. The minimum Gasteiger partial charge on any atom is -0.452 e. The van der Waals surface area contributed by atoms with E-state index in [-0.39, 0.29) is 12.5 Å². The second-order valence-corrected chi connectivity index (χ2v) is 5.29. The van der Waals surface area contributed by atoms with Crippen molar-refractivity contribution in [2.45, 2.75) is 20.8 Å². The molecule has 1 N–H and O–H groups in total. The summed E-state index contributed by atoms with van der Waals surface area (Å²) >= 11 is 0. The lowest BCUT2D eigenvalue weighted by atomic mass is 10.1. The van der Waals surface area contributed by atoms with Crippen LogP contribution in [0.5, 0.6) is 0 Å². The second-order valence-electron chi connectivity index (χ2n) is 5.29. The highest BCUT2D eigenvalue weighted by molar-refractivity contribution is 5.95. The predicted molar refractivity (Wildman–Crippen MR) is 86.0 cm³/mol. The molecule has 2 aromatic carbocycles. The Morgan fingerprint density at radius 1 is 0.955 bits per heavy atom. The Bertz CT molecular complexity index is 690. The molecule has 0 saturated carbocycles. The van der Waals surface area contributed by atoms with Gasteiger partial charge in [0.25, 0.3) is 5.91 Å². The Balaban J connectivity index is 1.88. The number of carbonyl (C=O) groups is 2. The molecular formula is C18H19NO3. The fourth-order valence-corrected chi connectivity index (χ4v) is 1.92. The van der Waals surface area contributed by atoms with Gasteiger partial charge in [0.05, 0.1) is 5.56 Å². The molecule has 114 valence electrons. The zero-order valence-electron chi connectivity index (χ0n) is 13.0. The zero-order chi connectivity index (χ0) is 16.1. The van der Waals surface area contributed by atoms with E-state index in [0.29, 0.717) is 11.3 Å². The third-order valence-electron chi connectivity index (χ3n) is 3.41. The van der Waals surface area contributed by atoms with Crippen LogP contribution in [0.3, 0.4) is 0 Å². The Hall–Kier alpha value is -2.62. The summed E-state index contributed by atoms with van der Waals surface area (Å²) in [5.41, 5.74) is 4.36. The number of hydrogen-bond donors (Lipinski definition) is 1. The Morgan fingerprint density at radius 3 is 2.27 bits per heavy atom. The van der Waals surface area contributed by atoms with Gasteiger partial charge in [-0.3, -0.25) is 4.79 Å². The lowest BCUT2D eigenvalue weighted by Gasteiger charge is -2.08. The SMILES string of the molecule is Cc1ccc(NC(=O)COC(=O)c2ccc(C)c(C)c2)cc1. The van der Waals surface area contributed by atoms with Crippen LogP contribution in [0.25, 0.3) is 0 Å².